The highest BCUT2D eigenvalue weighted by molar-refractivity contribution is 6.56. The summed E-state index contributed by atoms with van der Waals surface area (Å²) in [6.45, 7) is 0. The molecule has 0 atom stereocenters. The largest absolute Gasteiger partial charge is 0.507 e. The second kappa shape index (κ2) is 8.21. The van der Waals surface area contributed by atoms with Crippen LogP contribution in [0, 0.1) is 0 Å². The number of aromatic nitrogens is 4. The predicted molar refractivity (Wildman–Crippen MR) is 129 cm³/mol. The molecule has 0 radical (unpaired) electrons. The Morgan fingerprint density at radius 2 is 1.80 bits per heavy atom. The van der Waals surface area contributed by atoms with Gasteiger partial charge in [-0.15, -0.1) is 10.2 Å². The van der Waals surface area contributed by atoms with Crippen LogP contribution in [0.25, 0.3) is 22.4 Å². The second-order valence-electron chi connectivity index (χ2n) is 9.26. The Morgan fingerprint density at radius 3 is 2.40 bits per heavy atom. The van der Waals surface area contributed by atoms with Crippen molar-refractivity contribution in [3.05, 3.63) is 42.7 Å². The first kappa shape index (κ1) is 20.6. The molecule has 1 aromatic carbocycles. The van der Waals surface area contributed by atoms with Gasteiger partial charge in [0.15, 0.2) is 5.82 Å². The molecule has 4 rings (SSSR count). The molecule has 152 valence electrons. The quantitative estimate of drug-likeness (QED) is 0.648. The topological polar surface area (TPSA) is 67.1 Å². The Bertz CT molecular complexity index is 1010. The van der Waals surface area contributed by atoms with Crippen molar-refractivity contribution in [3.63, 3.8) is 0 Å². The van der Waals surface area contributed by atoms with E-state index in [9.17, 15) is 5.11 Å². The lowest BCUT2D eigenvalue weighted by molar-refractivity contribution is 0.425. The van der Waals surface area contributed by atoms with Gasteiger partial charge in [0.05, 0.1) is 11.9 Å². The van der Waals surface area contributed by atoms with E-state index in [1.54, 1.807) is 6.07 Å². The van der Waals surface area contributed by atoms with Crippen LogP contribution in [0.5, 0.6) is 5.75 Å². The van der Waals surface area contributed by atoms with Gasteiger partial charge in [-0.25, -0.2) is 0 Å². The standard InChI is InChI=1S/C21H28B3N5O/c1-28(16-5-3-2-4-6-16)20-10-9-18(26-27-20)17-8-7-14(11-19(17)30)15-12-25-29(13-15)21(22,23)24/h7-13,16,30H,2-6,22-24H2,1H3. The Hall–Kier alpha value is -2.70. The van der Waals surface area contributed by atoms with Crippen molar-refractivity contribution in [1.29, 1.82) is 0 Å². The third kappa shape index (κ3) is 4.25. The Kier molecular flexibility index (Phi) is 5.63. The highest BCUT2D eigenvalue weighted by atomic mass is 16.3. The molecule has 9 heteroatoms. The van der Waals surface area contributed by atoms with Gasteiger partial charge in [-0.1, -0.05) is 25.3 Å². The maximum Gasteiger partial charge on any atom is 0.151 e. The van der Waals surface area contributed by atoms with Gasteiger partial charge in [-0.3, -0.25) is 4.68 Å². The molecule has 0 bridgehead atoms. The van der Waals surface area contributed by atoms with Crippen LogP contribution in [0.15, 0.2) is 42.7 Å². The fourth-order valence-corrected chi connectivity index (χ4v) is 4.08. The summed E-state index contributed by atoms with van der Waals surface area (Å²) < 4.78 is 1.93. The van der Waals surface area contributed by atoms with Gasteiger partial charge in [0.1, 0.15) is 29.3 Å². The molecule has 0 saturated heterocycles. The lowest BCUT2D eigenvalue weighted by atomic mass is 9.49. The lowest BCUT2D eigenvalue weighted by Gasteiger charge is -2.31. The van der Waals surface area contributed by atoms with E-state index < -0.39 is 0 Å². The Morgan fingerprint density at radius 1 is 1.03 bits per heavy atom. The van der Waals surface area contributed by atoms with Crippen molar-refractivity contribution in [1.82, 2.24) is 20.0 Å². The van der Waals surface area contributed by atoms with Crippen LogP contribution >= 0.6 is 0 Å². The SMILES string of the molecule is BC(B)(B)n1cc(-c2ccc(-c3ccc(N(C)C4CCCCC4)nn3)c(O)c2)cn1. The van der Waals surface area contributed by atoms with Gasteiger partial charge >= 0.3 is 0 Å². The van der Waals surface area contributed by atoms with E-state index >= 15 is 0 Å². The number of benzene rings is 1. The first-order chi connectivity index (χ1) is 14.3. The van der Waals surface area contributed by atoms with Crippen molar-refractivity contribution in [2.45, 2.75) is 43.4 Å². The summed E-state index contributed by atoms with van der Waals surface area (Å²) in [6.07, 6.45) is 10.2. The normalized spacial score (nSPS) is 15.2. The number of rotatable bonds is 5. The summed E-state index contributed by atoms with van der Waals surface area (Å²) in [7, 11) is 8.43. The lowest BCUT2D eigenvalue weighted by Crippen LogP contribution is -2.35. The minimum absolute atomic E-state index is 0.0810. The molecule has 1 fully saturated rings. The fourth-order valence-electron chi connectivity index (χ4n) is 4.08. The Labute approximate surface area is 180 Å². The number of anilines is 1. The first-order valence-electron chi connectivity index (χ1n) is 10.8. The molecule has 0 aliphatic heterocycles. The molecule has 0 unspecified atom stereocenters. The molecular formula is C21H28B3N5O. The van der Waals surface area contributed by atoms with E-state index in [-0.39, 0.29) is 11.0 Å². The average Bonchev–Trinajstić information content (AvgIpc) is 3.25. The van der Waals surface area contributed by atoms with Gasteiger partial charge in [-0.05, 0) is 47.9 Å². The van der Waals surface area contributed by atoms with Crippen LogP contribution in [0.3, 0.4) is 0 Å². The van der Waals surface area contributed by atoms with Crippen molar-refractivity contribution < 1.29 is 5.11 Å². The Balaban J connectivity index is 1.53. The van der Waals surface area contributed by atoms with Crippen LogP contribution in [0.4, 0.5) is 5.82 Å². The molecule has 1 saturated carbocycles. The van der Waals surface area contributed by atoms with E-state index in [1.165, 1.54) is 32.1 Å². The summed E-state index contributed by atoms with van der Waals surface area (Å²) in [5, 5.41) is 23.8. The van der Waals surface area contributed by atoms with E-state index in [1.807, 2.05) is 41.3 Å². The molecule has 2 heterocycles. The van der Waals surface area contributed by atoms with Gasteiger partial charge in [0.25, 0.3) is 0 Å². The van der Waals surface area contributed by atoms with Crippen molar-refractivity contribution >= 4 is 29.4 Å². The van der Waals surface area contributed by atoms with Gasteiger partial charge in [-0.2, -0.15) is 5.10 Å². The molecule has 3 aromatic rings. The van der Waals surface area contributed by atoms with E-state index in [0.717, 1.165) is 16.9 Å². The van der Waals surface area contributed by atoms with Crippen LogP contribution in [0.2, 0.25) is 0 Å². The van der Waals surface area contributed by atoms with E-state index in [2.05, 4.69) is 50.8 Å². The second-order valence-corrected chi connectivity index (χ2v) is 9.26. The summed E-state index contributed by atoms with van der Waals surface area (Å²) in [6, 6.07) is 10.1. The zero-order valence-electron chi connectivity index (χ0n) is 18.3. The number of phenolic OH excluding ortho intramolecular Hbond substituents is 1. The summed E-state index contributed by atoms with van der Waals surface area (Å²) >= 11 is 0. The molecule has 2 aromatic heterocycles. The number of nitrogens with zero attached hydrogens (tertiary/aromatic N) is 5. The van der Waals surface area contributed by atoms with Crippen LogP contribution in [-0.2, 0) is 5.24 Å². The highest BCUT2D eigenvalue weighted by Gasteiger charge is 2.20. The molecule has 0 spiro atoms. The highest BCUT2D eigenvalue weighted by Crippen LogP contribution is 2.33. The molecule has 1 aliphatic rings. The third-order valence-electron chi connectivity index (χ3n) is 6.01. The number of aromatic hydroxyl groups is 1. The molecule has 0 amide bonds. The van der Waals surface area contributed by atoms with Gasteiger partial charge in [0, 0.05) is 30.4 Å². The summed E-state index contributed by atoms with van der Waals surface area (Å²) in [5.41, 5.74) is 3.25. The third-order valence-corrected chi connectivity index (χ3v) is 6.01. The van der Waals surface area contributed by atoms with Crippen LogP contribution in [0.1, 0.15) is 32.1 Å². The molecule has 1 N–H and O–H groups in total. The van der Waals surface area contributed by atoms with Gasteiger partial charge < -0.3 is 10.0 Å². The smallest absolute Gasteiger partial charge is 0.151 e. The van der Waals surface area contributed by atoms with Gasteiger partial charge in [0.2, 0.25) is 0 Å². The predicted octanol–water partition coefficient (Wildman–Crippen LogP) is 0.949. The minimum atomic E-state index is -0.0810. The van der Waals surface area contributed by atoms with E-state index in [4.69, 9.17) is 0 Å². The monoisotopic (exact) mass is 399 g/mol. The first-order valence-corrected chi connectivity index (χ1v) is 10.8. The summed E-state index contributed by atoms with van der Waals surface area (Å²) in [5.74, 6) is 1.08. The van der Waals surface area contributed by atoms with Crippen LogP contribution in [-0.4, -0.2) is 61.7 Å². The zero-order valence-corrected chi connectivity index (χ0v) is 18.3. The number of hydrogen-bond acceptors (Lipinski definition) is 5. The minimum Gasteiger partial charge on any atom is -0.507 e. The number of phenols is 1. The molecule has 30 heavy (non-hydrogen) atoms. The molecule has 1 aliphatic carbocycles. The summed E-state index contributed by atoms with van der Waals surface area (Å²) in [4.78, 5) is 2.24. The van der Waals surface area contributed by atoms with E-state index in [0.29, 0.717) is 17.3 Å². The zero-order chi connectivity index (χ0) is 21.3. The average molecular weight is 399 g/mol. The van der Waals surface area contributed by atoms with Crippen molar-refractivity contribution in [2.24, 2.45) is 0 Å². The van der Waals surface area contributed by atoms with Crippen molar-refractivity contribution in [3.8, 4) is 28.1 Å². The maximum atomic E-state index is 10.6. The maximum absolute atomic E-state index is 10.6. The fraction of sp³-hybridized carbons (Fsp3) is 0.381. The number of hydrogen-bond donors (Lipinski definition) is 1. The molecule has 6 nitrogen and oxygen atoms in total. The van der Waals surface area contributed by atoms with Crippen LogP contribution < -0.4 is 4.90 Å². The van der Waals surface area contributed by atoms with Crippen molar-refractivity contribution in [2.75, 3.05) is 11.9 Å². The molecular weight excluding hydrogens is 371 g/mol.